The third kappa shape index (κ3) is 5.04. The quantitative estimate of drug-likeness (QED) is 0.298. The first kappa shape index (κ1) is 20.4. The van der Waals surface area contributed by atoms with Crippen LogP contribution in [0.2, 0.25) is 0 Å². The fraction of sp³-hybridized carbons (Fsp3) is 0.182. The average Bonchev–Trinajstić information content (AvgIpc) is 3.57. The molecule has 0 radical (unpaired) electrons. The van der Waals surface area contributed by atoms with Crippen molar-refractivity contribution in [3.05, 3.63) is 71.7 Å². The number of hydrogen-bond donors (Lipinski definition) is 0. The lowest BCUT2D eigenvalue weighted by Gasteiger charge is -2.37. The van der Waals surface area contributed by atoms with E-state index in [-0.39, 0.29) is 0 Å². The first-order chi connectivity index (χ1) is 15.8. The van der Waals surface area contributed by atoms with E-state index in [9.17, 15) is 0 Å². The molecule has 160 valence electrons. The third-order valence-electron chi connectivity index (χ3n) is 5.05. The molecule has 0 atom stereocenters. The average molecular weight is 461 g/mol. The highest BCUT2D eigenvalue weighted by molar-refractivity contribution is 7.13. The molecular formula is C22H20N8S2. The highest BCUT2D eigenvalue weighted by atomic mass is 32.1. The van der Waals surface area contributed by atoms with Crippen molar-refractivity contribution >= 4 is 55.7 Å². The van der Waals surface area contributed by atoms with Gasteiger partial charge in [0.2, 0.25) is 10.3 Å². The molecule has 0 saturated carbocycles. The summed E-state index contributed by atoms with van der Waals surface area (Å²) < 4.78 is 0. The van der Waals surface area contributed by atoms with Crippen molar-refractivity contribution in [3.63, 3.8) is 0 Å². The van der Waals surface area contributed by atoms with Crippen LogP contribution in [0.5, 0.6) is 0 Å². The van der Waals surface area contributed by atoms with Crippen molar-refractivity contribution in [1.82, 2.24) is 9.97 Å². The van der Waals surface area contributed by atoms with Crippen LogP contribution in [0.1, 0.15) is 0 Å². The number of aromatic nitrogens is 2. The second-order valence-corrected chi connectivity index (χ2v) is 8.78. The van der Waals surface area contributed by atoms with Crippen LogP contribution < -0.4 is 9.80 Å². The number of nitrogens with zero attached hydrogens (tertiary/aromatic N) is 8. The Morgan fingerprint density at radius 3 is 1.31 bits per heavy atom. The van der Waals surface area contributed by atoms with Crippen LogP contribution in [-0.4, -0.2) is 36.1 Å². The number of benzene rings is 2. The molecule has 1 fully saturated rings. The standard InChI is InChI=1S/C22H20N8S2/c1-5-19(6-2-17(1)25-27-21-23-9-15-31-21)29-11-13-30(14-12-29)20-7-3-18(4-8-20)26-28-22-24-10-16-32-22/h1-10,15-16H,11-14H2. The Morgan fingerprint density at radius 1 is 0.562 bits per heavy atom. The maximum absolute atomic E-state index is 4.25. The van der Waals surface area contributed by atoms with Crippen molar-refractivity contribution < 1.29 is 0 Å². The molecule has 1 saturated heterocycles. The smallest absolute Gasteiger partial charge is 0.229 e. The third-order valence-corrected chi connectivity index (χ3v) is 6.36. The van der Waals surface area contributed by atoms with Crippen molar-refractivity contribution in [2.75, 3.05) is 36.0 Å². The van der Waals surface area contributed by atoms with Gasteiger partial charge < -0.3 is 9.80 Å². The summed E-state index contributed by atoms with van der Waals surface area (Å²) in [6.45, 7) is 3.86. The van der Waals surface area contributed by atoms with Crippen LogP contribution in [0.4, 0.5) is 33.0 Å². The van der Waals surface area contributed by atoms with Gasteiger partial charge in [0.05, 0.1) is 11.4 Å². The molecule has 1 aliphatic heterocycles. The van der Waals surface area contributed by atoms with Crippen LogP contribution in [0.3, 0.4) is 0 Å². The fourth-order valence-corrected chi connectivity index (χ4v) is 4.32. The zero-order chi connectivity index (χ0) is 21.6. The lowest BCUT2D eigenvalue weighted by molar-refractivity contribution is 0.653. The van der Waals surface area contributed by atoms with Gasteiger partial charge in [0, 0.05) is 60.7 Å². The van der Waals surface area contributed by atoms with E-state index in [1.54, 1.807) is 12.4 Å². The SMILES string of the molecule is c1csc(N=Nc2ccc(N3CCN(c4ccc(N=Nc5nccs5)cc4)CC3)cc2)n1. The van der Waals surface area contributed by atoms with E-state index in [2.05, 4.69) is 64.5 Å². The van der Waals surface area contributed by atoms with Gasteiger partial charge in [0.15, 0.2) is 0 Å². The molecular weight excluding hydrogens is 440 g/mol. The Hall–Kier alpha value is -3.50. The molecule has 0 N–H and O–H groups in total. The number of azo groups is 2. The molecule has 0 spiro atoms. The van der Waals surface area contributed by atoms with Crippen LogP contribution in [0, 0.1) is 0 Å². The van der Waals surface area contributed by atoms with Gasteiger partial charge in [-0.3, -0.25) is 0 Å². The normalized spacial score (nSPS) is 14.6. The van der Waals surface area contributed by atoms with E-state index < -0.39 is 0 Å². The minimum absolute atomic E-state index is 0.667. The van der Waals surface area contributed by atoms with Gasteiger partial charge in [0.25, 0.3) is 0 Å². The fourth-order valence-electron chi connectivity index (χ4n) is 3.41. The maximum atomic E-state index is 4.25. The lowest BCUT2D eigenvalue weighted by Crippen LogP contribution is -2.46. The summed E-state index contributed by atoms with van der Waals surface area (Å²) in [7, 11) is 0. The molecule has 0 aliphatic carbocycles. The van der Waals surface area contributed by atoms with Gasteiger partial charge in [-0.1, -0.05) is 0 Å². The number of hydrogen-bond acceptors (Lipinski definition) is 10. The predicted molar refractivity (Wildman–Crippen MR) is 130 cm³/mol. The largest absolute Gasteiger partial charge is 0.368 e. The van der Waals surface area contributed by atoms with E-state index in [4.69, 9.17) is 0 Å². The van der Waals surface area contributed by atoms with E-state index in [0.717, 1.165) is 37.6 Å². The van der Waals surface area contributed by atoms with Crippen molar-refractivity contribution in [2.45, 2.75) is 0 Å². The predicted octanol–water partition coefficient (Wildman–Crippen LogP) is 6.76. The van der Waals surface area contributed by atoms with Crippen molar-refractivity contribution in [3.8, 4) is 0 Å². The molecule has 0 amide bonds. The lowest BCUT2D eigenvalue weighted by atomic mass is 10.2. The van der Waals surface area contributed by atoms with Gasteiger partial charge in [0.1, 0.15) is 0 Å². The van der Waals surface area contributed by atoms with Crippen molar-refractivity contribution in [2.24, 2.45) is 20.5 Å². The minimum atomic E-state index is 0.667. The molecule has 2 aromatic carbocycles. The molecule has 8 nitrogen and oxygen atoms in total. The minimum Gasteiger partial charge on any atom is -0.368 e. The first-order valence-electron chi connectivity index (χ1n) is 10.2. The Balaban J connectivity index is 1.15. The van der Waals surface area contributed by atoms with Gasteiger partial charge in [-0.05, 0) is 48.5 Å². The van der Waals surface area contributed by atoms with Crippen LogP contribution in [-0.2, 0) is 0 Å². The summed E-state index contributed by atoms with van der Waals surface area (Å²) in [6.07, 6.45) is 3.46. The number of anilines is 2. The summed E-state index contributed by atoms with van der Waals surface area (Å²) in [5.41, 5.74) is 4.07. The van der Waals surface area contributed by atoms with E-state index in [0.29, 0.717) is 10.3 Å². The molecule has 5 rings (SSSR count). The number of thiazole rings is 2. The zero-order valence-corrected chi connectivity index (χ0v) is 18.8. The molecule has 1 aliphatic rings. The van der Waals surface area contributed by atoms with Gasteiger partial charge >= 0.3 is 0 Å². The van der Waals surface area contributed by atoms with Crippen molar-refractivity contribution in [1.29, 1.82) is 0 Å². The van der Waals surface area contributed by atoms with E-state index in [1.807, 2.05) is 35.0 Å². The summed E-state index contributed by atoms with van der Waals surface area (Å²) in [6, 6.07) is 16.4. The molecule has 0 bridgehead atoms. The summed E-state index contributed by atoms with van der Waals surface area (Å²) >= 11 is 2.94. The maximum Gasteiger partial charge on any atom is 0.229 e. The molecule has 32 heavy (non-hydrogen) atoms. The highest BCUT2D eigenvalue weighted by Gasteiger charge is 2.17. The molecule has 4 aromatic rings. The van der Waals surface area contributed by atoms with Gasteiger partial charge in [-0.15, -0.1) is 43.1 Å². The topological polar surface area (TPSA) is 81.7 Å². The Labute approximate surface area is 193 Å². The number of piperazine rings is 1. The number of rotatable bonds is 6. The highest BCUT2D eigenvalue weighted by Crippen LogP contribution is 2.26. The molecule has 10 heteroatoms. The Morgan fingerprint density at radius 2 is 0.969 bits per heavy atom. The summed E-state index contributed by atoms with van der Waals surface area (Å²) in [5.74, 6) is 0. The molecule has 3 heterocycles. The van der Waals surface area contributed by atoms with Gasteiger partial charge in [-0.25, -0.2) is 9.97 Å². The first-order valence-corrected chi connectivity index (χ1v) is 11.9. The molecule has 2 aromatic heterocycles. The van der Waals surface area contributed by atoms with E-state index in [1.165, 1.54) is 34.0 Å². The van der Waals surface area contributed by atoms with E-state index >= 15 is 0 Å². The van der Waals surface area contributed by atoms with Crippen LogP contribution in [0.25, 0.3) is 0 Å². The van der Waals surface area contributed by atoms with Gasteiger partial charge in [-0.2, -0.15) is 0 Å². The summed E-state index contributed by atoms with van der Waals surface area (Å²) in [5, 5.41) is 21.9. The second-order valence-electron chi connectivity index (χ2n) is 7.04. The Bertz CT molecular complexity index is 1070. The summed E-state index contributed by atoms with van der Waals surface area (Å²) in [4.78, 5) is 13.0. The van der Waals surface area contributed by atoms with Crippen LogP contribution in [0.15, 0.2) is 92.1 Å². The van der Waals surface area contributed by atoms with Crippen LogP contribution >= 0.6 is 22.7 Å². The second kappa shape index (κ2) is 9.75. The zero-order valence-electron chi connectivity index (χ0n) is 17.2. The molecule has 0 unspecified atom stereocenters. The Kier molecular flexibility index (Phi) is 6.22. The monoisotopic (exact) mass is 460 g/mol.